The number of ketones is 1. The number of fused-ring (bicyclic) bond motifs is 3. The molecule has 102 valence electrons. The van der Waals surface area contributed by atoms with Gasteiger partial charge in [0.1, 0.15) is 0 Å². The summed E-state index contributed by atoms with van der Waals surface area (Å²) in [6.07, 6.45) is 6.89. The molecule has 0 aliphatic heterocycles. The molecule has 0 spiro atoms. The first kappa shape index (κ1) is 12.9. The van der Waals surface area contributed by atoms with Crippen molar-refractivity contribution in [2.24, 2.45) is 11.3 Å². The van der Waals surface area contributed by atoms with Crippen molar-refractivity contribution in [2.75, 3.05) is 0 Å². The van der Waals surface area contributed by atoms with E-state index in [9.17, 15) is 4.79 Å². The van der Waals surface area contributed by atoms with E-state index in [1.807, 2.05) is 0 Å². The summed E-state index contributed by atoms with van der Waals surface area (Å²) in [6, 6.07) is 4.34. The van der Waals surface area contributed by atoms with Gasteiger partial charge in [0.15, 0.2) is 5.78 Å². The Morgan fingerprint density at radius 3 is 2.47 bits per heavy atom. The van der Waals surface area contributed by atoms with Crippen LogP contribution in [0.2, 0.25) is 0 Å². The molecule has 0 aromatic heterocycles. The Bertz CT molecular complexity index is 523. The minimum atomic E-state index is 0.250. The van der Waals surface area contributed by atoms with E-state index in [0.29, 0.717) is 11.2 Å². The predicted octanol–water partition coefficient (Wildman–Crippen LogP) is 4.36. The van der Waals surface area contributed by atoms with Gasteiger partial charge >= 0.3 is 0 Å². The van der Waals surface area contributed by atoms with E-state index in [1.165, 1.54) is 42.4 Å². The highest BCUT2D eigenvalue weighted by atomic mass is 16.1. The Kier molecular flexibility index (Phi) is 3.03. The second-order valence-electron chi connectivity index (χ2n) is 6.46. The van der Waals surface area contributed by atoms with E-state index < -0.39 is 0 Å². The molecule has 0 bridgehead atoms. The average Bonchev–Trinajstić information content (AvgIpc) is 2.97. The SMILES string of the molecule is CCC1Cc2c(ccc3c2CC(CC)(CC)C3)C1=O. The Labute approximate surface area is 116 Å². The summed E-state index contributed by atoms with van der Waals surface area (Å²) in [5.41, 5.74) is 5.95. The number of hydrogen-bond donors (Lipinski definition) is 0. The van der Waals surface area contributed by atoms with Gasteiger partial charge in [-0.05, 0) is 60.6 Å². The monoisotopic (exact) mass is 256 g/mol. The normalized spacial score (nSPS) is 23.5. The second kappa shape index (κ2) is 4.47. The molecule has 1 atom stereocenters. The lowest BCUT2D eigenvalue weighted by atomic mass is 9.79. The molecule has 0 radical (unpaired) electrons. The predicted molar refractivity (Wildman–Crippen MR) is 78.7 cm³/mol. The van der Waals surface area contributed by atoms with Crippen LogP contribution >= 0.6 is 0 Å². The highest BCUT2D eigenvalue weighted by molar-refractivity contribution is 6.02. The highest BCUT2D eigenvalue weighted by Gasteiger charge is 2.39. The maximum absolute atomic E-state index is 12.3. The van der Waals surface area contributed by atoms with Crippen LogP contribution in [0.3, 0.4) is 0 Å². The third-order valence-corrected chi connectivity index (χ3v) is 5.72. The van der Waals surface area contributed by atoms with Gasteiger partial charge < -0.3 is 0 Å². The average molecular weight is 256 g/mol. The fraction of sp³-hybridized carbons (Fsp3) is 0.611. The van der Waals surface area contributed by atoms with Crippen LogP contribution in [0.1, 0.15) is 67.1 Å². The van der Waals surface area contributed by atoms with E-state index in [1.54, 1.807) is 0 Å². The van der Waals surface area contributed by atoms with Crippen LogP contribution in [0.15, 0.2) is 12.1 Å². The van der Waals surface area contributed by atoms with Crippen LogP contribution in [-0.2, 0) is 19.3 Å². The Balaban J connectivity index is 2.03. The van der Waals surface area contributed by atoms with Crippen LogP contribution in [0.5, 0.6) is 0 Å². The molecule has 0 heterocycles. The summed E-state index contributed by atoms with van der Waals surface area (Å²) in [7, 11) is 0. The molecule has 0 saturated heterocycles. The zero-order valence-electron chi connectivity index (χ0n) is 12.4. The van der Waals surface area contributed by atoms with Gasteiger partial charge in [0.2, 0.25) is 0 Å². The van der Waals surface area contributed by atoms with Gasteiger partial charge in [-0.25, -0.2) is 0 Å². The molecular formula is C18H24O. The fourth-order valence-electron chi connectivity index (χ4n) is 4.07. The molecule has 1 unspecified atom stereocenters. The lowest BCUT2D eigenvalue weighted by Gasteiger charge is -2.25. The Morgan fingerprint density at radius 2 is 1.84 bits per heavy atom. The molecule has 0 N–H and O–H groups in total. The number of carbonyl (C=O) groups excluding carboxylic acids is 1. The second-order valence-corrected chi connectivity index (χ2v) is 6.46. The zero-order chi connectivity index (χ0) is 13.6. The van der Waals surface area contributed by atoms with Crippen LogP contribution in [-0.4, -0.2) is 5.78 Å². The van der Waals surface area contributed by atoms with E-state index in [4.69, 9.17) is 0 Å². The number of Topliss-reactive ketones (excluding diaryl/α,β-unsaturated/α-hetero) is 1. The van der Waals surface area contributed by atoms with Crippen molar-refractivity contribution in [1.82, 2.24) is 0 Å². The van der Waals surface area contributed by atoms with Gasteiger partial charge in [0.25, 0.3) is 0 Å². The lowest BCUT2D eigenvalue weighted by Crippen LogP contribution is -2.18. The van der Waals surface area contributed by atoms with Gasteiger partial charge in [-0.3, -0.25) is 4.79 Å². The first-order valence-corrected chi connectivity index (χ1v) is 7.82. The molecule has 0 saturated carbocycles. The molecule has 1 aromatic rings. The van der Waals surface area contributed by atoms with Crippen LogP contribution < -0.4 is 0 Å². The number of rotatable bonds is 3. The topological polar surface area (TPSA) is 17.1 Å². The summed E-state index contributed by atoms with van der Waals surface area (Å²) in [5.74, 6) is 0.644. The molecule has 19 heavy (non-hydrogen) atoms. The van der Waals surface area contributed by atoms with Crippen molar-refractivity contribution < 1.29 is 4.79 Å². The maximum Gasteiger partial charge on any atom is 0.166 e. The number of carbonyl (C=O) groups is 1. The third-order valence-electron chi connectivity index (χ3n) is 5.72. The molecule has 0 amide bonds. The molecule has 2 aliphatic carbocycles. The van der Waals surface area contributed by atoms with Gasteiger partial charge in [-0.2, -0.15) is 0 Å². The van der Waals surface area contributed by atoms with Crippen molar-refractivity contribution in [3.8, 4) is 0 Å². The summed E-state index contributed by atoms with van der Waals surface area (Å²) in [4.78, 5) is 12.3. The number of benzene rings is 1. The van der Waals surface area contributed by atoms with E-state index in [0.717, 1.165) is 18.4 Å². The molecule has 1 heteroatoms. The van der Waals surface area contributed by atoms with Crippen molar-refractivity contribution in [3.63, 3.8) is 0 Å². The van der Waals surface area contributed by atoms with Gasteiger partial charge in [-0.15, -0.1) is 0 Å². The quantitative estimate of drug-likeness (QED) is 0.785. The van der Waals surface area contributed by atoms with Crippen LogP contribution in [0.25, 0.3) is 0 Å². The maximum atomic E-state index is 12.3. The fourth-order valence-corrected chi connectivity index (χ4v) is 4.07. The van der Waals surface area contributed by atoms with Crippen molar-refractivity contribution in [3.05, 3.63) is 34.4 Å². The molecule has 2 aliphatic rings. The largest absolute Gasteiger partial charge is 0.294 e. The van der Waals surface area contributed by atoms with Gasteiger partial charge in [0, 0.05) is 11.5 Å². The molecule has 1 nitrogen and oxygen atoms in total. The molecular weight excluding hydrogens is 232 g/mol. The zero-order valence-corrected chi connectivity index (χ0v) is 12.4. The lowest BCUT2D eigenvalue weighted by molar-refractivity contribution is 0.0934. The van der Waals surface area contributed by atoms with E-state index >= 15 is 0 Å². The molecule has 1 aromatic carbocycles. The standard InChI is InChI=1S/C18H24O/c1-4-12-9-15-14(17(12)19)8-7-13-10-18(5-2,6-3)11-16(13)15/h7-8,12H,4-6,9-11H2,1-3H3. The molecule has 3 rings (SSSR count). The molecule has 0 fully saturated rings. The Morgan fingerprint density at radius 1 is 1.11 bits per heavy atom. The van der Waals surface area contributed by atoms with Crippen LogP contribution in [0.4, 0.5) is 0 Å². The first-order chi connectivity index (χ1) is 9.14. The van der Waals surface area contributed by atoms with Crippen molar-refractivity contribution in [1.29, 1.82) is 0 Å². The van der Waals surface area contributed by atoms with Crippen molar-refractivity contribution >= 4 is 5.78 Å². The Hall–Kier alpha value is -1.11. The smallest absolute Gasteiger partial charge is 0.166 e. The summed E-state index contributed by atoms with van der Waals surface area (Å²) >= 11 is 0. The van der Waals surface area contributed by atoms with E-state index in [-0.39, 0.29) is 5.92 Å². The van der Waals surface area contributed by atoms with Gasteiger partial charge in [-0.1, -0.05) is 32.9 Å². The van der Waals surface area contributed by atoms with E-state index in [2.05, 4.69) is 32.9 Å². The minimum Gasteiger partial charge on any atom is -0.294 e. The summed E-state index contributed by atoms with van der Waals surface area (Å²) < 4.78 is 0. The first-order valence-electron chi connectivity index (χ1n) is 7.82. The summed E-state index contributed by atoms with van der Waals surface area (Å²) in [6.45, 7) is 6.77. The van der Waals surface area contributed by atoms with Crippen LogP contribution in [0, 0.1) is 11.3 Å². The highest BCUT2D eigenvalue weighted by Crippen LogP contribution is 2.46. The van der Waals surface area contributed by atoms with Crippen molar-refractivity contribution in [2.45, 2.75) is 59.3 Å². The summed E-state index contributed by atoms with van der Waals surface area (Å²) in [5, 5.41) is 0. The minimum absolute atomic E-state index is 0.250. The van der Waals surface area contributed by atoms with Gasteiger partial charge in [0.05, 0.1) is 0 Å². The number of hydrogen-bond acceptors (Lipinski definition) is 1. The third kappa shape index (κ3) is 1.78.